The normalized spacial score (nSPS) is 10.3. The molecular weight excluding hydrogens is 208 g/mol. The number of aromatic nitrogens is 2. The first-order valence-electron chi connectivity index (χ1n) is 4.74. The van der Waals surface area contributed by atoms with Crippen LogP contribution in [-0.4, -0.2) is 9.97 Å². The van der Waals surface area contributed by atoms with Gasteiger partial charge in [0.25, 0.3) is 0 Å². The number of benzene rings is 1. The molecule has 0 unspecified atom stereocenters. The second kappa shape index (κ2) is 3.99. The third-order valence-corrected chi connectivity index (χ3v) is 2.73. The Morgan fingerprint density at radius 2 is 1.67 bits per heavy atom. The van der Waals surface area contributed by atoms with Gasteiger partial charge in [-0.1, -0.05) is 41.9 Å². The van der Waals surface area contributed by atoms with E-state index in [1.807, 2.05) is 44.2 Å². The Balaban J connectivity index is 2.56. The lowest BCUT2D eigenvalue weighted by Gasteiger charge is -2.05. The summed E-state index contributed by atoms with van der Waals surface area (Å²) in [7, 11) is 0. The van der Waals surface area contributed by atoms with Crippen LogP contribution in [0.4, 0.5) is 0 Å². The Hall–Kier alpha value is -1.41. The molecule has 15 heavy (non-hydrogen) atoms. The Labute approximate surface area is 94.0 Å². The summed E-state index contributed by atoms with van der Waals surface area (Å²) in [4.78, 5) is 8.67. The average molecular weight is 219 g/mol. The van der Waals surface area contributed by atoms with E-state index in [0.717, 1.165) is 16.8 Å². The molecule has 0 radical (unpaired) electrons. The van der Waals surface area contributed by atoms with Crippen molar-refractivity contribution in [2.45, 2.75) is 13.8 Å². The molecule has 2 rings (SSSR count). The molecule has 1 heterocycles. The first-order valence-corrected chi connectivity index (χ1v) is 5.12. The van der Waals surface area contributed by atoms with Crippen molar-refractivity contribution in [3.8, 4) is 11.4 Å². The van der Waals surface area contributed by atoms with Crippen molar-refractivity contribution in [2.75, 3.05) is 0 Å². The van der Waals surface area contributed by atoms with Gasteiger partial charge in [-0.15, -0.1) is 0 Å². The number of hydrogen-bond acceptors (Lipinski definition) is 2. The van der Waals surface area contributed by atoms with Crippen LogP contribution in [0.15, 0.2) is 30.3 Å². The minimum Gasteiger partial charge on any atom is -0.233 e. The highest BCUT2D eigenvalue weighted by Gasteiger charge is 2.06. The van der Waals surface area contributed by atoms with E-state index in [9.17, 15) is 0 Å². The molecule has 0 bridgehead atoms. The van der Waals surface area contributed by atoms with Crippen LogP contribution in [-0.2, 0) is 0 Å². The van der Waals surface area contributed by atoms with E-state index in [1.54, 1.807) is 0 Å². The summed E-state index contributed by atoms with van der Waals surface area (Å²) >= 11 is 6.02. The molecule has 0 saturated heterocycles. The Morgan fingerprint density at radius 1 is 1.00 bits per heavy atom. The van der Waals surface area contributed by atoms with Crippen LogP contribution in [0, 0.1) is 13.8 Å². The molecule has 0 aliphatic rings. The second-order valence-electron chi connectivity index (χ2n) is 3.41. The fourth-order valence-electron chi connectivity index (χ4n) is 1.31. The molecule has 0 atom stereocenters. The van der Waals surface area contributed by atoms with Gasteiger partial charge in [-0.3, -0.25) is 0 Å². The SMILES string of the molecule is Cc1nc(-c2ccccc2)nc(Cl)c1C. The lowest BCUT2D eigenvalue weighted by Crippen LogP contribution is -1.96. The van der Waals surface area contributed by atoms with E-state index in [0.29, 0.717) is 11.0 Å². The van der Waals surface area contributed by atoms with E-state index in [-0.39, 0.29) is 0 Å². The van der Waals surface area contributed by atoms with Gasteiger partial charge in [0.05, 0.1) is 0 Å². The molecule has 0 aliphatic carbocycles. The van der Waals surface area contributed by atoms with Gasteiger partial charge in [0, 0.05) is 16.8 Å². The number of aryl methyl sites for hydroxylation is 1. The molecule has 0 N–H and O–H groups in total. The standard InChI is InChI=1S/C12H11ClN2/c1-8-9(2)14-12(15-11(8)13)10-6-4-3-5-7-10/h3-7H,1-2H3. The summed E-state index contributed by atoms with van der Waals surface area (Å²) in [5.74, 6) is 0.684. The highest BCUT2D eigenvalue weighted by Crippen LogP contribution is 2.20. The highest BCUT2D eigenvalue weighted by atomic mass is 35.5. The molecule has 3 heteroatoms. The first-order chi connectivity index (χ1) is 7.18. The van der Waals surface area contributed by atoms with Crippen molar-refractivity contribution in [2.24, 2.45) is 0 Å². The Morgan fingerprint density at radius 3 is 2.27 bits per heavy atom. The molecule has 2 nitrogen and oxygen atoms in total. The van der Waals surface area contributed by atoms with Crippen LogP contribution < -0.4 is 0 Å². The average Bonchev–Trinajstić information content (AvgIpc) is 2.26. The van der Waals surface area contributed by atoms with Crippen molar-refractivity contribution in [1.29, 1.82) is 0 Å². The maximum atomic E-state index is 6.02. The monoisotopic (exact) mass is 218 g/mol. The summed E-state index contributed by atoms with van der Waals surface area (Å²) in [6.45, 7) is 3.86. The summed E-state index contributed by atoms with van der Waals surface area (Å²) < 4.78 is 0. The van der Waals surface area contributed by atoms with Gasteiger partial charge in [-0.2, -0.15) is 0 Å². The summed E-state index contributed by atoms with van der Waals surface area (Å²) in [6.07, 6.45) is 0. The number of halogens is 1. The van der Waals surface area contributed by atoms with Gasteiger partial charge in [0.2, 0.25) is 0 Å². The van der Waals surface area contributed by atoms with Crippen molar-refractivity contribution in [3.05, 3.63) is 46.7 Å². The van der Waals surface area contributed by atoms with Crippen LogP contribution in [0.5, 0.6) is 0 Å². The van der Waals surface area contributed by atoms with Crippen LogP contribution in [0.2, 0.25) is 5.15 Å². The zero-order valence-corrected chi connectivity index (χ0v) is 9.42. The largest absolute Gasteiger partial charge is 0.233 e. The van der Waals surface area contributed by atoms with E-state index in [1.165, 1.54) is 0 Å². The molecule has 76 valence electrons. The quantitative estimate of drug-likeness (QED) is 0.686. The minimum atomic E-state index is 0.529. The highest BCUT2D eigenvalue weighted by molar-refractivity contribution is 6.30. The smallest absolute Gasteiger partial charge is 0.161 e. The van der Waals surface area contributed by atoms with Crippen LogP contribution in [0.1, 0.15) is 11.3 Å². The fourth-order valence-corrected chi connectivity index (χ4v) is 1.53. The second-order valence-corrected chi connectivity index (χ2v) is 3.77. The van der Waals surface area contributed by atoms with Crippen molar-refractivity contribution in [1.82, 2.24) is 9.97 Å². The van der Waals surface area contributed by atoms with Gasteiger partial charge in [-0.05, 0) is 13.8 Å². The van der Waals surface area contributed by atoms with Crippen LogP contribution in [0.25, 0.3) is 11.4 Å². The molecule has 1 aromatic carbocycles. The third kappa shape index (κ3) is 2.00. The molecule has 0 saturated carbocycles. The van der Waals surface area contributed by atoms with Gasteiger partial charge in [0.15, 0.2) is 5.82 Å². The molecule has 0 spiro atoms. The fraction of sp³-hybridized carbons (Fsp3) is 0.167. The maximum absolute atomic E-state index is 6.02. The molecule has 1 aromatic heterocycles. The van der Waals surface area contributed by atoms with Gasteiger partial charge < -0.3 is 0 Å². The van der Waals surface area contributed by atoms with E-state index >= 15 is 0 Å². The van der Waals surface area contributed by atoms with E-state index in [4.69, 9.17) is 11.6 Å². The molecule has 2 aromatic rings. The van der Waals surface area contributed by atoms with Crippen LogP contribution in [0.3, 0.4) is 0 Å². The summed E-state index contributed by atoms with van der Waals surface area (Å²) in [5.41, 5.74) is 2.85. The number of hydrogen-bond donors (Lipinski definition) is 0. The van der Waals surface area contributed by atoms with E-state index in [2.05, 4.69) is 9.97 Å². The van der Waals surface area contributed by atoms with Gasteiger partial charge >= 0.3 is 0 Å². The summed E-state index contributed by atoms with van der Waals surface area (Å²) in [6, 6.07) is 9.83. The Bertz CT molecular complexity index is 457. The maximum Gasteiger partial charge on any atom is 0.161 e. The zero-order valence-electron chi connectivity index (χ0n) is 8.66. The van der Waals surface area contributed by atoms with E-state index < -0.39 is 0 Å². The zero-order chi connectivity index (χ0) is 10.8. The number of rotatable bonds is 1. The summed E-state index contributed by atoms with van der Waals surface area (Å²) in [5, 5.41) is 0.529. The van der Waals surface area contributed by atoms with Crippen molar-refractivity contribution in [3.63, 3.8) is 0 Å². The van der Waals surface area contributed by atoms with Gasteiger partial charge in [0.1, 0.15) is 5.15 Å². The minimum absolute atomic E-state index is 0.529. The van der Waals surface area contributed by atoms with Gasteiger partial charge in [-0.25, -0.2) is 9.97 Å². The Kier molecular flexibility index (Phi) is 2.69. The lowest BCUT2D eigenvalue weighted by atomic mass is 10.2. The molecule has 0 amide bonds. The number of nitrogens with zero attached hydrogens (tertiary/aromatic N) is 2. The van der Waals surface area contributed by atoms with Crippen LogP contribution >= 0.6 is 11.6 Å². The first kappa shape index (κ1) is 10.1. The third-order valence-electron chi connectivity index (χ3n) is 2.36. The van der Waals surface area contributed by atoms with Crippen molar-refractivity contribution >= 4 is 11.6 Å². The molecular formula is C12H11ClN2. The predicted octanol–water partition coefficient (Wildman–Crippen LogP) is 3.41. The van der Waals surface area contributed by atoms with Crippen molar-refractivity contribution < 1.29 is 0 Å². The molecule has 0 aliphatic heterocycles. The predicted molar refractivity (Wildman–Crippen MR) is 62.0 cm³/mol. The lowest BCUT2D eigenvalue weighted by molar-refractivity contribution is 1.07. The molecule has 0 fully saturated rings. The topological polar surface area (TPSA) is 25.8 Å².